The lowest BCUT2D eigenvalue weighted by molar-refractivity contribution is 0.00578. The van der Waals surface area contributed by atoms with Crippen molar-refractivity contribution in [1.29, 1.82) is 0 Å². The maximum absolute atomic E-state index is 6.28. The van der Waals surface area contributed by atoms with Crippen molar-refractivity contribution in [2.45, 2.75) is 72.5 Å². The second-order valence-electron chi connectivity index (χ2n) is 11.7. The molecule has 1 fully saturated rings. The number of nitrogens with zero attached hydrogens (tertiary/aromatic N) is 1. The molecule has 0 saturated carbocycles. The van der Waals surface area contributed by atoms with Crippen LogP contribution in [0.2, 0.25) is 0 Å². The van der Waals surface area contributed by atoms with Gasteiger partial charge >= 0.3 is 7.12 Å². The van der Waals surface area contributed by atoms with Gasteiger partial charge in [-0.2, -0.15) is 0 Å². The summed E-state index contributed by atoms with van der Waals surface area (Å²) in [6, 6.07) is 27.8. The highest BCUT2D eigenvalue weighted by molar-refractivity contribution is 6.62. The molecule has 0 spiro atoms. The third-order valence-corrected chi connectivity index (χ3v) is 7.45. The van der Waals surface area contributed by atoms with Crippen LogP contribution in [0.5, 0.6) is 5.75 Å². The molecule has 5 heteroatoms. The van der Waals surface area contributed by atoms with Crippen LogP contribution in [0.15, 0.2) is 78.9 Å². The smallest absolute Gasteiger partial charge is 0.492 e. The van der Waals surface area contributed by atoms with Gasteiger partial charge in [0.2, 0.25) is 0 Å². The maximum Gasteiger partial charge on any atom is 0.494 e. The van der Waals surface area contributed by atoms with Crippen LogP contribution in [0.1, 0.15) is 78.0 Å². The Balaban J connectivity index is 0.00000141. The Labute approximate surface area is 243 Å². The minimum atomic E-state index is -0.371. The lowest BCUT2D eigenvalue weighted by Crippen LogP contribution is -2.41. The summed E-state index contributed by atoms with van der Waals surface area (Å²) in [5.41, 5.74) is 6.43. The van der Waals surface area contributed by atoms with Crippen LogP contribution >= 0.6 is 0 Å². The fourth-order valence-corrected chi connectivity index (χ4v) is 4.53. The molecule has 3 aromatic rings. The summed E-state index contributed by atoms with van der Waals surface area (Å²) in [5, 5.41) is 0. The summed E-state index contributed by atoms with van der Waals surface area (Å²) >= 11 is 0. The van der Waals surface area contributed by atoms with Crippen LogP contribution in [0.25, 0.3) is 11.1 Å². The first-order valence-electron chi connectivity index (χ1n) is 14.7. The monoisotopic (exact) mass is 541 g/mol. The Morgan fingerprint density at radius 2 is 1.23 bits per heavy atom. The summed E-state index contributed by atoms with van der Waals surface area (Å²) in [7, 11) is 3.74. The molecule has 0 atom stereocenters. The highest BCUT2D eigenvalue weighted by Crippen LogP contribution is 2.37. The highest BCUT2D eigenvalue weighted by Gasteiger charge is 2.51. The molecule has 4 rings (SSSR count). The Bertz CT molecular complexity index is 1200. The quantitative estimate of drug-likeness (QED) is 0.205. The lowest BCUT2D eigenvalue weighted by Gasteiger charge is -2.32. The average molecular weight is 542 g/mol. The molecule has 0 aromatic heterocycles. The summed E-state index contributed by atoms with van der Waals surface area (Å²) < 4.78 is 18.5. The first-order chi connectivity index (χ1) is 19.0. The number of ether oxygens (including phenoxy) is 1. The van der Waals surface area contributed by atoms with Crippen LogP contribution in [-0.4, -0.2) is 50.5 Å². The topological polar surface area (TPSA) is 30.9 Å². The van der Waals surface area contributed by atoms with Crippen molar-refractivity contribution in [3.8, 4) is 5.75 Å². The SMILES string of the molecule is CC/C(=C(/c1ccc(OCCN(C)C)cc1)c1ccc(B2OC(C)(C)C(C)(C)O2)cc1)c1ccccc1.CCC. The van der Waals surface area contributed by atoms with E-state index in [0.717, 1.165) is 24.2 Å². The lowest BCUT2D eigenvalue weighted by atomic mass is 9.78. The number of likely N-dealkylation sites (N-methyl/N-ethyl adjacent to an activating group) is 1. The number of hydrogen-bond acceptors (Lipinski definition) is 4. The Morgan fingerprint density at radius 1 is 0.725 bits per heavy atom. The van der Waals surface area contributed by atoms with Crippen molar-refractivity contribution in [3.63, 3.8) is 0 Å². The molecule has 1 aliphatic rings. The van der Waals surface area contributed by atoms with E-state index >= 15 is 0 Å². The van der Waals surface area contributed by atoms with E-state index in [1.807, 2.05) is 0 Å². The van der Waals surface area contributed by atoms with E-state index in [1.54, 1.807) is 0 Å². The van der Waals surface area contributed by atoms with Gasteiger partial charge in [0.25, 0.3) is 0 Å². The Hall–Kier alpha value is -2.86. The van der Waals surface area contributed by atoms with Gasteiger partial charge in [0.05, 0.1) is 11.2 Å². The largest absolute Gasteiger partial charge is 0.494 e. The van der Waals surface area contributed by atoms with E-state index in [1.165, 1.54) is 34.3 Å². The number of allylic oxidation sites excluding steroid dienone is 1. The molecule has 40 heavy (non-hydrogen) atoms. The van der Waals surface area contributed by atoms with E-state index in [9.17, 15) is 0 Å². The van der Waals surface area contributed by atoms with Gasteiger partial charge < -0.3 is 18.9 Å². The molecule has 0 N–H and O–H groups in total. The van der Waals surface area contributed by atoms with E-state index < -0.39 is 0 Å². The summed E-state index contributed by atoms with van der Waals surface area (Å²) in [6.45, 7) is 16.4. The summed E-state index contributed by atoms with van der Waals surface area (Å²) in [5.74, 6) is 0.888. The molecular formula is C35H48BNO3. The van der Waals surface area contributed by atoms with Gasteiger partial charge in [0.1, 0.15) is 12.4 Å². The van der Waals surface area contributed by atoms with Gasteiger partial charge in [0.15, 0.2) is 0 Å². The number of benzene rings is 3. The van der Waals surface area contributed by atoms with Crippen molar-refractivity contribution in [2.75, 3.05) is 27.2 Å². The molecule has 0 bridgehead atoms. The first-order valence-corrected chi connectivity index (χ1v) is 14.7. The van der Waals surface area contributed by atoms with Crippen molar-refractivity contribution < 1.29 is 14.0 Å². The van der Waals surface area contributed by atoms with E-state index in [4.69, 9.17) is 14.0 Å². The first kappa shape index (κ1) is 31.7. The second-order valence-corrected chi connectivity index (χ2v) is 11.7. The molecule has 0 unspecified atom stereocenters. The van der Waals surface area contributed by atoms with E-state index in [2.05, 4.69) is 146 Å². The third kappa shape index (κ3) is 7.87. The minimum absolute atomic E-state index is 0.361. The fourth-order valence-electron chi connectivity index (χ4n) is 4.53. The molecule has 0 radical (unpaired) electrons. The predicted molar refractivity (Wildman–Crippen MR) is 171 cm³/mol. The molecule has 1 aliphatic heterocycles. The van der Waals surface area contributed by atoms with Crippen molar-refractivity contribution >= 4 is 23.7 Å². The van der Waals surface area contributed by atoms with Gasteiger partial charge in [-0.25, -0.2) is 0 Å². The molecule has 214 valence electrons. The maximum atomic E-state index is 6.28. The zero-order valence-corrected chi connectivity index (χ0v) is 26.1. The van der Waals surface area contributed by atoms with Gasteiger partial charge in [-0.05, 0) is 93.6 Å². The van der Waals surface area contributed by atoms with Gasteiger partial charge in [-0.15, -0.1) is 0 Å². The van der Waals surface area contributed by atoms with Crippen molar-refractivity contribution in [3.05, 3.63) is 95.6 Å². The van der Waals surface area contributed by atoms with Crippen LogP contribution in [-0.2, 0) is 9.31 Å². The van der Waals surface area contributed by atoms with Crippen LogP contribution in [0.3, 0.4) is 0 Å². The molecule has 3 aromatic carbocycles. The summed E-state index contributed by atoms with van der Waals surface area (Å²) in [6.07, 6.45) is 2.17. The normalized spacial score (nSPS) is 16.3. The third-order valence-electron chi connectivity index (χ3n) is 7.45. The molecule has 1 saturated heterocycles. The van der Waals surface area contributed by atoms with Crippen LogP contribution in [0, 0.1) is 0 Å². The standard InChI is InChI=1S/C32H40BNO3.C3H8/c1-8-29(24-12-10-9-11-13-24)30(26-16-20-28(21-17-26)35-23-22-34(6)7)25-14-18-27(19-15-25)33-36-31(2,3)32(4,5)37-33;1-3-2/h9-21H,8,22-23H2,1-7H3;3H2,1-2H3/b30-29-;. The Morgan fingerprint density at radius 3 is 1.70 bits per heavy atom. The van der Waals surface area contributed by atoms with Crippen molar-refractivity contribution in [2.24, 2.45) is 0 Å². The number of hydrogen-bond donors (Lipinski definition) is 0. The zero-order valence-electron chi connectivity index (χ0n) is 26.1. The van der Waals surface area contributed by atoms with Gasteiger partial charge in [0, 0.05) is 6.54 Å². The Kier molecular flexibility index (Phi) is 11.2. The van der Waals surface area contributed by atoms with Crippen LogP contribution in [0.4, 0.5) is 0 Å². The predicted octanol–water partition coefficient (Wildman–Crippen LogP) is 7.71. The average Bonchev–Trinajstić information content (AvgIpc) is 3.15. The number of rotatable bonds is 9. The van der Waals surface area contributed by atoms with E-state index in [-0.39, 0.29) is 18.3 Å². The van der Waals surface area contributed by atoms with E-state index in [0.29, 0.717) is 6.61 Å². The molecular weight excluding hydrogens is 493 g/mol. The second kappa shape index (κ2) is 14.2. The van der Waals surface area contributed by atoms with Crippen molar-refractivity contribution in [1.82, 2.24) is 4.90 Å². The van der Waals surface area contributed by atoms with Crippen LogP contribution < -0.4 is 10.2 Å². The molecule has 1 heterocycles. The molecule has 4 nitrogen and oxygen atoms in total. The molecule has 0 aliphatic carbocycles. The minimum Gasteiger partial charge on any atom is -0.492 e. The summed E-state index contributed by atoms with van der Waals surface area (Å²) in [4.78, 5) is 2.12. The highest BCUT2D eigenvalue weighted by atomic mass is 16.7. The fraction of sp³-hybridized carbons (Fsp3) is 0.429. The van der Waals surface area contributed by atoms with Gasteiger partial charge in [-0.1, -0.05) is 93.9 Å². The molecule has 0 amide bonds. The van der Waals surface area contributed by atoms with Gasteiger partial charge in [-0.3, -0.25) is 0 Å². The zero-order chi connectivity index (χ0) is 29.3.